The Morgan fingerprint density at radius 2 is 2.14 bits per heavy atom. The molecule has 0 atom stereocenters. The molecule has 2 heteroatoms. The number of Topliss-reactive ketones (excluding diaryl/α,β-unsaturated/α-hetero) is 1. The number of carbonyl (C=O) groups is 1. The van der Waals surface area contributed by atoms with Crippen molar-refractivity contribution in [2.75, 3.05) is 6.54 Å². The molecule has 2 nitrogen and oxygen atoms in total. The molecule has 0 radical (unpaired) electrons. The molecular formula is C12H21NO. The number of rotatable bonds is 6. The van der Waals surface area contributed by atoms with E-state index in [0.29, 0.717) is 5.78 Å². The lowest BCUT2D eigenvalue weighted by atomic mass is 10.2. The van der Waals surface area contributed by atoms with Gasteiger partial charge in [-0.2, -0.15) is 0 Å². The first kappa shape index (κ1) is 11.3. The number of nitrogens with one attached hydrogen (secondary N) is 1. The molecule has 0 bridgehead atoms. The molecule has 1 rings (SSSR count). The van der Waals surface area contributed by atoms with Crippen molar-refractivity contribution >= 4 is 5.78 Å². The van der Waals surface area contributed by atoms with Crippen molar-refractivity contribution in [3.05, 3.63) is 11.8 Å². The fourth-order valence-electron chi connectivity index (χ4n) is 1.74. The topological polar surface area (TPSA) is 29.1 Å². The highest BCUT2D eigenvalue weighted by molar-refractivity contribution is 5.97. The van der Waals surface area contributed by atoms with Gasteiger partial charge in [0.25, 0.3) is 0 Å². The molecule has 1 saturated carbocycles. The van der Waals surface area contributed by atoms with E-state index in [2.05, 4.69) is 12.2 Å². The summed E-state index contributed by atoms with van der Waals surface area (Å²) in [6.45, 7) is 3.23. The number of ketones is 1. The van der Waals surface area contributed by atoms with Crippen molar-refractivity contribution in [1.29, 1.82) is 0 Å². The second-order valence-electron chi connectivity index (χ2n) is 3.96. The quantitative estimate of drug-likeness (QED) is 0.521. The number of unbranched alkanes of at least 4 members (excludes halogenated alkanes) is 3. The number of allylic oxidation sites excluding steroid dienone is 1. The van der Waals surface area contributed by atoms with Gasteiger partial charge in [0.05, 0.1) is 0 Å². The third-order valence-electron chi connectivity index (χ3n) is 2.66. The van der Waals surface area contributed by atoms with Gasteiger partial charge in [0.1, 0.15) is 0 Å². The van der Waals surface area contributed by atoms with Crippen LogP contribution in [-0.2, 0) is 4.79 Å². The van der Waals surface area contributed by atoms with Gasteiger partial charge < -0.3 is 5.32 Å². The van der Waals surface area contributed by atoms with Crippen LogP contribution in [0.3, 0.4) is 0 Å². The van der Waals surface area contributed by atoms with Crippen molar-refractivity contribution < 1.29 is 4.79 Å². The molecule has 1 fully saturated rings. The second kappa shape index (κ2) is 6.63. The Balaban J connectivity index is 2.05. The van der Waals surface area contributed by atoms with E-state index in [1.807, 2.05) is 6.20 Å². The van der Waals surface area contributed by atoms with E-state index in [9.17, 15) is 4.79 Å². The smallest absolute Gasteiger partial charge is 0.160 e. The van der Waals surface area contributed by atoms with Crippen LogP contribution in [-0.4, -0.2) is 12.3 Å². The van der Waals surface area contributed by atoms with Gasteiger partial charge in [-0.15, -0.1) is 0 Å². The van der Waals surface area contributed by atoms with Crippen LogP contribution in [0, 0.1) is 0 Å². The summed E-state index contributed by atoms with van der Waals surface area (Å²) in [5.74, 6) is 0.339. The zero-order chi connectivity index (χ0) is 10.2. The van der Waals surface area contributed by atoms with Gasteiger partial charge in [-0.1, -0.05) is 26.2 Å². The van der Waals surface area contributed by atoms with Gasteiger partial charge in [0.2, 0.25) is 0 Å². The molecule has 80 valence electrons. The van der Waals surface area contributed by atoms with Gasteiger partial charge in [-0.05, 0) is 19.3 Å². The van der Waals surface area contributed by atoms with Crippen LogP contribution in [0.5, 0.6) is 0 Å². The van der Waals surface area contributed by atoms with E-state index in [1.165, 1.54) is 25.7 Å². The molecule has 1 aliphatic carbocycles. The normalized spacial score (nSPS) is 19.2. The Morgan fingerprint density at radius 1 is 1.29 bits per heavy atom. The Kier molecular flexibility index (Phi) is 5.35. The Bertz CT molecular complexity index is 208. The molecule has 0 amide bonds. The summed E-state index contributed by atoms with van der Waals surface area (Å²) in [6, 6.07) is 0. The molecular weight excluding hydrogens is 174 g/mol. The van der Waals surface area contributed by atoms with Gasteiger partial charge in [0.15, 0.2) is 5.78 Å². The van der Waals surface area contributed by atoms with Crippen molar-refractivity contribution in [2.24, 2.45) is 0 Å². The number of hydrogen-bond donors (Lipinski definition) is 1. The third-order valence-corrected chi connectivity index (χ3v) is 2.66. The molecule has 1 aliphatic rings. The minimum absolute atomic E-state index is 0.339. The molecule has 0 aliphatic heterocycles. The van der Waals surface area contributed by atoms with Crippen LogP contribution >= 0.6 is 0 Å². The molecule has 0 aromatic carbocycles. The summed E-state index contributed by atoms with van der Waals surface area (Å²) in [7, 11) is 0. The maximum absolute atomic E-state index is 11.2. The highest BCUT2D eigenvalue weighted by Gasteiger charge is 2.15. The first-order valence-corrected chi connectivity index (χ1v) is 5.80. The van der Waals surface area contributed by atoms with Crippen LogP contribution in [0.15, 0.2) is 11.8 Å². The number of carbonyl (C=O) groups excluding carboxylic acids is 1. The molecule has 0 aromatic rings. The summed E-state index contributed by atoms with van der Waals surface area (Å²) in [5, 5.41) is 3.23. The van der Waals surface area contributed by atoms with Gasteiger partial charge in [0, 0.05) is 24.7 Å². The van der Waals surface area contributed by atoms with Crippen LogP contribution in [0.2, 0.25) is 0 Å². The van der Waals surface area contributed by atoms with E-state index in [1.54, 1.807) is 0 Å². The molecule has 1 N–H and O–H groups in total. The predicted molar refractivity (Wildman–Crippen MR) is 59.1 cm³/mol. The summed E-state index contributed by atoms with van der Waals surface area (Å²) in [6.07, 6.45) is 9.80. The van der Waals surface area contributed by atoms with E-state index in [-0.39, 0.29) is 0 Å². The fourth-order valence-corrected chi connectivity index (χ4v) is 1.74. The number of hydrogen-bond acceptors (Lipinski definition) is 2. The monoisotopic (exact) mass is 195 g/mol. The van der Waals surface area contributed by atoms with Gasteiger partial charge in [-0.3, -0.25) is 4.79 Å². The van der Waals surface area contributed by atoms with Crippen LogP contribution < -0.4 is 5.32 Å². The maximum Gasteiger partial charge on any atom is 0.160 e. The first-order valence-electron chi connectivity index (χ1n) is 5.80. The summed E-state index contributed by atoms with van der Waals surface area (Å²) in [4.78, 5) is 11.2. The van der Waals surface area contributed by atoms with Crippen LogP contribution in [0.25, 0.3) is 0 Å². The second-order valence-corrected chi connectivity index (χ2v) is 3.96. The molecule has 0 unspecified atom stereocenters. The molecule has 0 aromatic heterocycles. The Morgan fingerprint density at radius 3 is 2.79 bits per heavy atom. The largest absolute Gasteiger partial charge is 0.391 e. The van der Waals surface area contributed by atoms with Crippen molar-refractivity contribution in [1.82, 2.24) is 5.32 Å². The molecule has 0 heterocycles. The fraction of sp³-hybridized carbons (Fsp3) is 0.750. The van der Waals surface area contributed by atoms with E-state index in [4.69, 9.17) is 0 Å². The van der Waals surface area contributed by atoms with E-state index in [0.717, 1.165) is 31.4 Å². The Labute approximate surface area is 86.8 Å². The zero-order valence-corrected chi connectivity index (χ0v) is 9.14. The lowest BCUT2D eigenvalue weighted by molar-refractivity contribution is -0.114. The average molecular weight is 195 g/mol. The van der Waals surface area contributed by atoms with Crippen molar-refractivity contribution in [3.8, 4) is 0 Å². The molecule has 0 spiro atoms. The summed E-state index contributed by atoms with van der Waals surface area (Å²) in [5.41, 5.74) is 1.00. The average Bonchev–Trinajstić information content (AvgIpc) is 2.58. The van der Waals surface area contributed by atoms with Crippen molar-refractivity contribution in [3.63, 3.8) is 0 Å². The SMILES string of the molecule is CCCCCCN/C=C1/CCCC1=O. The maximum atomic E-state index is 11.2. The zero-order valence-electron chi connectivity index (χ0n) is 9.14. The Hall–Kier alpha value is -0.790. The van der Waals surface area contributed by atoms with Crippen LogP contribution in [0.4, 0.5) is 0 Å². The lowest BCUT2D eigenvalue weighted by Crippen LogP contribution is -2.09. The van der Waals surface area contributed by atoms with Crippen molar-refractivity contribution in [2.45, 2.75) is 51.9 Å². The van der Waals surface area contributed by atoms with Crippen LogP contribution in [0.1, 0.15) is 51.9 Å². The van der Waals surface area contributed by atoms with Gasteiger partial charge in [-0.25, -0.2) is 0 Å². The summed E-state index contributed by atoms with van der Waals surface area (Å²) >= 11 is 0. The highest BCUT2D eigenvalue weighted by atomic mass is 16.1. The predicted octanol–water partition coefficient (Wildman–Crippen LogP) is 2.79. The third kappa shape index (κ3) is 3.95. The highest BCUT2D eigenvalue weighted by Crippen LogP contribution is 2.19. The van der Waals surface area contributed by atoms with E-state index < -0.39 is 0 Å². The minimum atomic E-state index is 0.339. The first-order chi connectivity index (χ1) is 6.84. The van der Waals surface area contributed by atoms with E-state index >= 15 is 0 Å². The molecule has 0 saturated heterocycles. The minimum Gasteiger partial charge on any atom is -0.391 e. The standard InChI is InChI=1S/C12H21NO/c1-2-3-4-5-9-13-10-11-7-6-8-12(11)14/h10,13H,2-9H2,1H3/b11-10-. The molecule has 14 heavy (non-hydrogen) atoms. The van der Waals surface area contributed by atoms with Gasteiger partial charge >= 0.3 is 0 Å². The summed E-state index contributed by atoms with van der Waals surface area (Å²) < 4.78 is 0. The lowest BCUT2D eigenvalue weighted by Gasteiger charge is -2.01.